The second kappa shape index (κ2) is 7.26. The van der Waals surface area contributed by atoms with Gasteiger partial charge in [0.25, 0.3) is 5.91 Å². The van der Waals surface area contributed by atoms with Crippen LogP contribution in [0.4, 0.5) is 4.39 Å². The van der Waals surface area contributed by atoms with E-state index >= 15 is 0 Å². The Labute approximate surface area is 118 Å². The van der Waals surface area contributed by atoms with Crippen LogP contribution < -0.4 is 10.6 Å². The third-order valence-corrected chi connectivity index (χ3v) is 3.07. The van der Waals surface area contributed by atoms with Crippen LogP contribution >= 0.6 is 12.4 Å². The Balaban J connectivity index is 0.00000180. The van der Waals surface area contributed by atoms with E-state index in [4.69, 9.17) is 0 Å². The first-order valence-electron chi connectivity index (χ1n) is 6.10. The molecule has 2 rings (SSSR count). The van der Waals surface area contributed by atoms with Gasteiger partial charge in [-0.3, -0.25) is 4.79 Å². The molecule has 0 bridgehead atoms. The van der Waals surface area contributed by atoms with Crippen LogP contribution in [-0.2, 0) is 0 Å². The van der Waals surface area contributed by atoms with Crippen molar-refractivity contribution < 1.29 is 9.18 Å². The molecule has 1 aromatic rings. The van der Waals surface area contributed by atoms with Gasteiger partial charge in [-0.1, -0.05) is 23.8 Å². The molecule has 5 heteroatoms. The second-order valence-electron chi connectivity index (χ2n) is 4.44. The predicted molar refractivity (Wildman–Crippen MR) is 76.3 cm³/mol. The molecule has 0 spiro atoms. The highest BCUT2D eigenvalue weighted by Crippen LogP contribution is 2.12. The lowest BCUT2D eigenvalue weighted by molar-refractivity contribution is 0.0952. The summed E-state index contributed by atoms with van der Waals surface area (Å²) < 4.78 is 13.7. The van der Waals surface area contributed by atoms with Crippen LogP contribution in [0.25, 0.3) is 0 Å². The number of carbonyl (C=O) groups excluding carboxylic acids is 1. The summed E-state index contributed by atoms with van der Waals surface area (Å²) in [6.07, 6.45) is 2.99. The molecule has 19 heavy (non-hydrogen) atoms. The molecular weight excluding hydrogens is 267 g/mol. The lowest BCUT2D eigenvalue weighted by Crippen LogP contribution is -2.30. The second-order valence-corrected chi connectivity index (χ2v) is 4.44. The van der Waals surface area contributed by atoms with Gasteiger partial charge < -0.3 is 10.6 Å². The van der Waals surface area contributed by atoms with E-state index in [9.17, 15) is 9.18 Å². The Hall–Kier alpha value is -1.39. The van der Waals surface area contributed by atoms with Gasteiger partial charge in [0.05, 0.1) is 5.56 Å². The van der Waals surface area contributed by atoms with Crippen molar-refractivity contribution >= 4 is 18.3 Å². The number of nitrogens with one attached hydrogen (secondary N) is 2. The van der Waals surface area contributed by atoms with Crippen molar-refractivity contribution in [1.82, 2.24) is 10.6 Å². The highest BCUT2D eigenvalue weighted by atomic mass is 35.5. The molecule has 1 amide bonds. The molecule has 0 saturated carbocycles. The van der Waals surface area contributed by atoms with Gasteiger partial charge in [-0.05, 0) is 31.5 Å². The standard InChI is InChI=1S/C14H17FN2O.ClH/c1-10-3-2-4-12(13(10)15)14(18)17-9-11-5-7-16-8-6-11;/h2-5,16H,6-9H2,1H3,(H,17,18);1H. The molecule has 0 radical (unpaired) electrons. The summed E-state index contributed by atoms with van der Waals surface area (Å²) in [5.41, 5.74) is 1.79. The first-order chi connectivity index (χ1) is 8.68. The van der Waals surface area contributed by atoms with Crippen LogP contribution in [0.3, 0.4) is 0 Å². The molecule has 0 atom stereocenters. The highest BCUT2D eigenvalue weighted by Gasteiger charge is 2.13. The fourth-order valence-corrected chi connectivity index (χ4v) is 1.94. The summed E-state index contributed by atoms with van der Waals surface area (Å²) in [7, 11) is 0. The number of hydrogen-bond acceptors (Lipinski definition) is 2. The van der Waals surface area contributed by atoms with Crippen molar-refractivity contribution in [3.05, 3.63) is 46.8 Å². The number of hydrogen-bond donors (Lipinski definition) is 2. The molecule has 104 valence electrons. The fraction of sp³-hybridized carbons (Fsp3) is 0.357. The number of carbonyl (C=O) groups is 1. The number of benzene rings is 1. The number of rotatable bonds is 3. The van der Waals surface area contributed by atoms with Gasteiger partial charge in [0.1, 0.15) is 5.82 Å². The normalized spacial score (nSPS) is 14.3. The van der Waals surface area contributed by atoms with Gasteiger partial charge in [-0.15, -0.1) is 12.4 Å². The van der Waals surface area contributed by atoms with E-state index in [1.54, 1.807) is 19.1 Å². The largest absolute Gasteiger partial charge is 0.348 e. The Morgan fingerprint density at radius 3 is 2.95 bits per heavy atom. The van der Waals surface area contributed by atoms with E-state index in [1.165, 1.54) is 11.6 Å². The van der Waals surface area contributed by atoms with Crippen molar-refractivity contribution in [2.45, 2.75) is 13.3 Å². The van der Waals surface area contributed by atoms with E-state index in [0.717, 1.165) is 19.5 Å². The summed E-state index contributed by atoms with van der Waals surface area (Å²) in [6.45, 7) is 3.92. The molecule has 0 fully saturated rings. The van der Waals surface area contributed by atoms with E-state index in [2.05, 4.69) is 16.7 Å². The number of halogens is 2. The third-order valence-electron chi connectivity index (χ3n) is 3.07. The van der Waals surface area contributed by atoms with Crippen LogP contribution in [0.2, 0.25) is 0 Å². The molecular formula is C14H18ClFN2O. The predicted octanol–water partition coefficient (Wildman–Crippen LogP) is 2.21. The van der Waals surface area contributed by atoms with Crippen molar-refractivity contribution in [3.63, 3.8) is 0 Å². The van der Waals surface area contributed by atoms with Gasteiger partial charge in [0.2, 0.25) is 0 Å². The summed E-state index contributed by atoms with van der Waals surface area (Å²) in [6, 6.07) is 4.85. The quantitative estimate of drug-likeness (QED) is 0.836. The molecule has 0 aliphatic carbocycles. The van der Waals surface area contributed by atoms with Crippen LogP contribution in [0.15, 0.2) is 29.8 Å². The highest BCUT2D eigenvalue weighted by molar-refractivity contribution is 5.94. The maximum Gasteiger partial charge on any atom is 0.254 e. The van der Waals surface area contributed by atoms with Gasteiger partial charge in [-0.25, -0.2) is 4.39 Å². The van der Waals surface area contributed by atoms with Gasteiger partial charge in [-0.2, -0.15) is 0 Å². The molecule has 0 saturated heterocycles. The van der Waals surface area contributed by atoms with Crippen molar-refractivity contribution in [2.75, 3.05) is 19.6 Å². The lowest BCUT2D eigenvalue weighted by Gasteiger charge is -2.14. The Bertz CT molecular complexity index is 488. The minimum absolute atomic E-state index is 0. The fourth-order valence-electron chi connectivity index (χ4n) is 1.94. The minimum Gasteiger partial charge on any atom is -0.348 e. The average molecular weight is 285 g/mol. The van der Waals surface area contributed by atoms with Crippen LogP contribution in [-0.4, -0.2) is 25.5 Å². The monoisotopic (exact) mass is 284 g/mol. The van der Waals surface area contributed by atoms with Gasteiger partial charge in [0, 0.05) is 13.1 Å². The van der Waals surface area contributed by atoms with E-state index in [1.807, 2.05) is 0 Å². The number of amides is 1. The summed E-state index contributed by atoms with van der Waals surface area (Å²) in [5.74, 6) is -0.787. The zero-order valence-electron chi connectivity index (χ0n) is 10.8. The molecule has 1 aromatic carbocycles. The van der Waals surface area contributed by atoms with Gasteiger partial charge in [0.15, 0.2) is 0 Å². The zero-order valence-corrected chi connectivity index (χ0v) is 11.6. The van der Waals surface area contributed by atoms with Gasteiger partial charge >= 0.3 is 0 Å². The molecule has 1 aliphatic rings. The average Bonchev–Trinajstić information content (AvgIpc) is 2.40. The molecule has 3 nitrogen and oxygen atoms in total. The molecule has 2 N–H and O–H groups in total. The lowest BCUT2D eigenvalue weighted by atomic mass is 10.1. The first kappa shape index (κ1) is 15.7. The van der Waals surface area contributed by atoms with Crippen LogP contribution in [0, 0.1) is 12.7 Å². The van der Waals surface area contributed by atoms with E-state index < -0.39 is 5.82 Å². The summed E-state index contributed by atoms with van der Waals surface area (Å²) >= 11 is 0. The van der Waals surface area contributed by atoms with Crippen LogP contribution in [0.1, 0.15) is 22.3 Å². The zero-order chi connectivity index (χ0) is 13.0. The van der Waals surface area contributed by atoms with Crippen molar-refractivity contribution in [2.24, 2.45) is 0 Å². The van der Waals surface area contributed by atoms with E-state index in [-0.39, 0.29) is 23.9 Å². The Kier molecular flexibility index (Phi) is 5.99. The van der Waals surface area contributed by atoms with E-state index in [0.29, 0.717) is 12.1 Å². The first-order valence-corrected chi connectivity index (χ1v) is 6.10. The summed E-state index contributed by atoms with van der Waals surface area (Å²) in [4.78, 5) is 11.9. The SMILES string of the molecule is Cc1cccc(C(=O)NCC2=CCNCC2)c1F.Cl. The van der Waals surface area contributed by atoms with Crippen LogP contribution in [0.5, 0.6) is 0 Å². The smallest absolute Gasteiger partial charge is 0.254 e. The number of aryl methyl sites for hydroxylation is 1. The summed E-state index contributed by atoms with van der Waals surface area (Å²) in [5, 5.41) is 5.96. The maximum absolute atomic E-state index is 13.7. The maximum atomic E-state index is 13.7. The minimum atomic E-state index is -0.436. The van der Waals surface area contributed by atoms with Crippen molar-refractivity contribution in [1.29, 1.82) is 0 Å². The molecule has 0 unspecified atom stereocenters. The Morgan fingerprint density at radius 2 is 2.26 bits per heavy atom. The molecule has 0 aromatic heterocycles. The molecule has 1 aliphatic heterocycles. The van der Waals surface area contributed by atoms with Crippen molar-refractivity contribution in [3.8, 4) is 0 Å². The molecule has 1 heterocycles. The topological polar surface area (TPSA) is 41.1 Å². The Morgan fingerprint density at radius 1 is 1.47 bits per heavy atom. The third kappa shape index (κ3) is 4.04.